The first-order chi connectivity index (χ1) is 32.8. The fourth-order valence-corrected chi connectivity index (χ4v) is 18.2. The zero-order valence-corrected chi connectivity index (χ0v) is 47.8. The Morgan fingerprint density at radius 2 is 1.23 bits per heavy atom. The molecule has 9 rings (SSSR count). The Hall–Kier alpha value is -2.20. The maximum absolute atomic E-state index is 15.8. The van der Waals surface area contributed by atoms with Crippen LogP contribution in [-0.4, -0.2) is 70.2 Å². The number of cyclic esters (lactones) is 1. The van der Waals surface area contributed by atoms with Gasteiger partial charge in [0.1, 0.15) is 11.2 Å². The molecule has 9 fully saturated rings. The molecule has 10 heteroatoms. The van der Waals surface area contributed by atoms with Crippen LogP contribution in [0.4, 0.5) is 0 Å². The van der Waals surface area contributed by atoms with Crippen molar-refractivity contribution in [2.45, 2.75) is 262 Å². The molecule has 0 spiro atoms. The summed E-state index contributed by atoms with van der Waals surface area (Å²) in [7, 11) is 0. The van der Waals surface area contributed by atoms with E-state index in [-0.39, 0.29) is 49.3 Å². The van der Waals surface area contributed by atoms with E-state index in [4.69, 9.17) is 18.9 Å². The predicted molar refractivity (Wildman–Crippen MR) is 278 cm³/mol. The number of carbonyl (C=O) groups is 4. The van der Waals surface area contributed by atoms with E-state index in [0.717, 1.165) is 76.0 Å². The highest BCUT2D eigenvalue weighted by Gasteiger charge is 2.68. The number of aliphatic hydroxyl groups is 2. The quantitative estimate of drug-likeness (QED) is 0.0749. The lowest BCUT2D eigenvalue weighted by Crippen LogP contribution is -2.63. The van der Waals surface area contributed by atoms with Crippen LogP contribution in [0.5, 0.6) is 0 Å². The third-order valence-corrected chi connectivity index (χ3v) is 24.4. The Morgan fingerprint density at radius 3 is 1.68 bits per heavy atom. The zero-order valence-electron chi connectivity index (χ0n) is 47.8. The Balaban J connectivity index is 1.30. The predicted octanol–water partition coefficient (Wildman–Crippen LogP) is 13.1. The molecule has 0 aromatic carbocycles. The van der Waals surface area contributed by atoms with Crippen LogP contribution in [0.3, 0.4) is 0 Å². The van der Waals surface area contributed by atoms with Crippen LogP contribution in [0.1, 0.15) is 239 Å². The first-order valence-corrected chi connectivity index (χ1v) is 29.0. The summed E-state index contributed by atoms with van der Waals surface area (Å²) in [4.78, 5) is 60.3. The highest BCUT2D eigenvalue weighted by atomic mass is 16.6. The zero-order chi connectivity index (χ0) is 52.8. The van der Waals surface area contributed by atoms with Crippen molar-refractivity contribution in [3.05, 3.63) is 0 Å². The van der Waals surface area contributed by atoms with Crippen LogP contribution in [0.15, 0.2) is 0 Å². The van der Waals surface area contributed by atoms with Gasteiger partial charge in [0, 0.05) is 19.4 Å². The molecule has 0 amide bonds. The van der Waals surface area contributed by atoms with Gasteiger partial charge in [-0.3, -0.25) is 14.4 Å². The molecular formula is C61H102O10. The van der Waals surface area contributed by atoms with Crippen molar-refractivity contribution >= 4 is 23.9 Å². The van der Waals surface area contributed by atoms with E-state index in [1.165, 1.54) is 6.42 Å². The summed E-state index contributed by atoms with van der Waals surface area (Å²) in [5.74, 6) is 1.09. The second-order valence-corrected chi connectivity index (χ2v) is 29.1. The SMILES string of the molecule is CCC(CC(C)(C(=O)OC1CCOC1=O)C(C)(CC)C(C)(CO)CC(C)(C(=O)OC12CC3CC(CC(O)(C3)C1)C2)C(C)(C)CC)C(C)(CC)C(C)(CC(C)(C)CC)C(=O)OC1(C)C2CC3CC(C2)CC1C3. The van der Waals surface area contributed by atoms with E-state index in [2.05, 4.69) is 90.0 Å². The monoisotopic (exact) mass is 995 g/mol. The number of hydrogen-bond donors (Lipinski definition) is 2. The molecule has 10 unspecified atom stereocenters. The van der Waals surface area contributed by atoms with E-state index in [1.54, 1.807) is 0 Å². The van der Waals surface area contributed by atoms with Gasteiger partial charge in [0.05, 0.1) is 28.5 Å². The van der Waals surface area contributed by atoms with Crippen molar-refractivity contribution in [3.63, 3.8) is 0 Å². The first kappa shape index (κ1) is 56.5. The van der Waals surface area contributed by atoms with Crippen LogP contribution in [0.25, 0.3) is 0 Å². The molecule has 10 atom stereocenters. The van der Waals surface area contributed by atoms with Crippen molar-refractivity contribution in [1.82, 2.24) is 0 Å². The molecule has 1 saturated heterocycles. The highest BCUT2D eigenvalue weighted by Crippen LogP contribution is 2.68. The van der Waals surface area contributed by atoms with E-state index in [9.17, 15) is 15.0 Å². The molecule has 0 radical (unpaired) electrons. The number of carbonyl (C=O) groups excluding carboxylic acids is 4. The van der Waals surface area contributed by atoms with E-state index < -0.39 is 72.8 Å². The van der Waals surface area contributed by atoms with Gasteiger partial charge >= 0.3 is 23.9 Å². The van der Waals surface area contributed by atoms with Crippen molar-refractivity contribution in [3.8, 4) is 0 Å². The molecular weight excluding hydrogens is 893 g/mol. The topological polar surface area (TPSA) is 146 Å². The van der Waals surface area contributed by atoms with Crippen LogP contribution in [-0.2, 0) is 38.1 Å². The average Bonchev–Trinajstić information content (AvgIpc) is 3.70. The van der Waals surface area contributed by atoms with Crippen molar-refractivity contribution < 1.29 is 48.3 Å². The normalized spacial score (nSPS) is 37.6. The summed E-state index contributed by atoms with van der Waals surface area (Å²) < 4.78 is 25.9. The van der Waals surface area contributed by atoms with Gasteiger partial charge in [0.2, 0.25) is 6.10 Å². The van der Waals surface area contributed by atoms with Gasteiger partial charge in [-0.05, 0) is 199 Å². The summed E-state index contributed by atoms with van der Waals surface area (Å²) >= 11 is 0. The van der Waals surface area contributed by atoms with Crippen LogP contribution < -0.4 is 0 Å². The lowest BCUT2D eigenvalue weighted by molar-refractivity contribution is -0.234. The number of ether oxygens (including phenoxy) is 4. The van der Waals surface area contributed by atoms with Crippen LogP contribution in [0.2, 0.25) is 0 Å². The minimum Gasteiger partial charge on any atom is -0.463 e. The summed E-state index contributed by atoms with van der Waals surface area (Å²) in [6.07, 6.45) is 14.0. The minimum absolute atomic E-state index is 0.129. The van der Waals surface area contributed by atoms with Gasteiger partial charge in [0.15, 0.2) is 0 Å². The van der Waals surface area contributed by atoms with Crippen LogP contribution in [0, 0.1) is 84.7 Å². The van der Waals surface area contributed by atoms with Gasteiger partial charge in [-0.2, -0.15) is 0 Å². The third kappa shape index (κ3) is 9.29. The molecule has 71 heavy (non-hydrogen) atoms. The molecule has 0 aromatic heterocycles. The molecule has 8 saturated carbocycles. The van der Waals surface area contributed by atoms with Gasteiger partial charge < -0.3 is 29.2 Å². The summed E-state index contributed by atoms with van der Waals surface area (Å²) in [5, 5.41) is 23.9. The molecule has 9 aliphatic rings. The smallest absolute Gasteiger partial charge is 0.347 e. The van der Waals surface area contributed by atoms with Gasteiger partial charge in [-0.1, -0.05) is 95.9 Å². The number of aliphatic hydroxyl groups excluding tert-OH is 1. The summed E-state index contributed by atoms with van der Waals surface area (Å²) in [5.41, 5.74) is -9.15. The molecule has 8 bridgehead atoms. The molecule has 406 valence electrons. The minimum atomic E-state index is -1.36. The molecule has 10 nitrogen and oxygen atoms in total. The van der Waals surface area contributed by atoms with Crippen LogP contribution >= 0.6 is 0 Å². The summed E-state index contributed by atoms with van der Waals surface area (Å²) in [6.45, 7) is 34.1. The fraction of sp³-hybridized carbons (Fsp3) is 0.934. The van der Waals surface area contributed by atoms with E-state index >= 15 is 14.4 Å². The number of hydrogen-bond acceptors (Lipinski definition) is 10. The van der Waals surface area contributed by atoms with Gasteiger partial charge in [-0.25, -0.2) is 4.79 Å². The highest BCUT2D eigenvalue weighted by molar-refractivity contribution is 5.84. The van der Waals surface area contributed by atoms with Gasteiger partial charge in [-0.15, -0.1) is 0 Å². The summed E-state index contributed by atoms with van der Waals surface area (Å²) in [6, 6.07) is 0. The second-order valence-electron chi connectivity index (χ2n) is 29.1. The maximum atomic E-state index is 15.8. The number of rotatable bonds is 23. The Kier molecular flexibility index (Phi) is 15.2. The van der Waals surface area contributed by atoms with Crippen molar-refractivity contribution in [1.29, 1.82) is 0 Å². The second kappa shape index (κ2) is 19.1. The molecule has 0 aromatic rings. The standard InChI is InChI=1S/C61H102O10/c1-17-43(54(11,20-4)57(14,35-51(6,7)18-2)50(66)70-59(16)44-26-39-24-40(28-44)29-45(59)27-39)34-55(12,48(64)69-46-22-23-68-47(46)63)58(15,21-5)53(10,38-62)36-56(13,52(8,9)19-3)49(65)71-61-32-41-25-42(33-61)31-60(67,30-41)37-61/h39-46,62,67H,17-38H2,1-16H3. The number of esters is 4. The molecule has 1 heterocycles. The van der Waals surface area contributed by atoms with Crippen molar-refractivity contribution in [2.75, 3.05) is 13.2 Å². The lowest BCUT2D eigenvalue weighted by atomic mass is 9.43. The third-order valence-electron chi connectivity index (χ3n) is 24.4. The Morgan fingerprint density at radius 1 is 0.676 bits per heavy atom. The fourth-order valence-electron chi connectivity index (χ4n) is 18.2. The first-order valence-electron chi connectivity index (χ1n) is 29.0. The molecule has 1 aliphatic heterocycles. The Bertz CT molecular complexity index is 1960. The maximum Gasteiger partial charge on any atom is 0.347 e. The van der Waals surface area contributed by atoms with E-state index in [0.29, 0.717) is 68.6 Å². The lowest BCUT2D eigenvalue weighted by Gasteiger charge is -2.62. The molecule has 2 N–H and O–H groups in total. The average molecular weight is 995 g/mol. The van der Waals surface area contributed by atoms with Crippen molar-refractivity contribution in [2.24, 2.45) is 84.7 Å². The largest absolute Gasteiger partial charge is 0.463 e. The molecule has 8 aliphatic carbocycles. The Labute approximate surface area is 430 Å². The van der Waals surface area contributed by atoms with Gasteiger partial charge in [0.25, 0.3) is 0 Å². The van der Waals surface area contributed by atoms with E-state index in [1.807, 2.05) is 20.8 Å².